The van der Waals surface area contributed by atoms with Crippen LogP contribution in [0.1, 0.15) is 11.1 Å². The SMILES string of the molecule is c1ccc(-c2nc(-c3ccccc3)nc(-c3ccc4c(c3)CCc3cc(-c5nc(-c6ccccc6)nc(-c6ccccc6)n5)ccc3-4)n2)cc1. The Hall–Kier alpha value is -6.66. The van der Waals surface area contributed by atoms with E-state index in [1.165, 1.54) is 22.3 Å². The van der Waals surface area contributed by atoms with Crippen LogP contribution in [0.2, 0.25) is 0 Å². The van der Waals surface area contributed by atoms with Gasteiger partial charge in [-0.25, -0.2) is 29.9 Å². The summed E-state index contributed by atoms with van der Waals surface area (Å²) in [6.45, 7) is 0. The standard InChI is InChI=1S/C44H30N6/c1-5-13-29(14-6-1)39-45-40(30-15-7-2-8-16-30)48-43(47-39)35-23-25-37-33(27-35)21-22-34-28-36(24-26-38(34)37)44-49-41(31-17-9-3-10-18-31)46-42(50-44)32-19-11-4-12-20-32/h1-20,23-28H,21-22H2. The van der Waals surface area contributed by atoms with Gasteiger partial charge < -0.3 is 0 Å². The fourth-order valence-corrected chi connectivity index (χ4v) is 6.55. The van der Waals surface area contributed by atoms with Gasteiger partial charge in [-0.05, 0) is 47.2 Å². The van der Waals surface area contributed by atoms with Crippen molar-refractivity contribution in [2.45, 2.75) is 12.8 Å². The van der Waals surface area contributed by atoms with Gasteiger partial charge in [0.2, 0.25) is 0 Å². The molecule has 6 aromatic carbocycles. The topological polar surface area (TPSA) is 77.3 Å². The largest absolute Gasteiger partial charge is 0.208 e. The number of aryl methyl sites for hydroxylation is 2. The highest BCUT2D eigenvalue weighted by atomic mass is 15.0. The third kappa shape index (κ3) is 5.73. The van der Waals surface area contributed by atoms with E-state index in [0.717, 1.165) is 46.2 Å². The number of nitrogens with zero attached hydrogens (tertiary/aromatic N) is 6. The zero-order chi connectivity index (χ0) is 33.3. The molecule has 0 saturated heterocycles. The summed E-state index contributed by atoms with van der Waals surface area (Å²) in [5.41, 5.74) is 10.8. The van der Waals surface area contributed by atoms with Crippen LogP contribution in [0.15, 0.2) is 158 Å². The Morgan fingerprint density at radius 2 is 0.520 bits per heavy atom. The van der Waals surface area contributed by atoms with Crippen LogP contribution in [0, 0.1) is 0 Å². The Labute approximate surface area is 290 Å². The lowest BCUT2D eigenvalue weighted by molar-refractivity contribution is 0.940. The van der Waals surface area contributed by atoms with Crippen LogP contribution >= 0.6 is 0 Å². The molecule has 0 radical (unpaired) electrons. The van der Waals surface area contributed by atoms with Crippen molar-refractivity contribution in [3.05, 3.63) is 169 Å². The Kier molecular flexibility index (Phi) is 7.52. The van der Waals surface area contributed by atoms with Gasteiger partial charge in [0.25, 0.3) is 0 Å². The van der Waals surface area contributed by atoms with Crippen molar-refractivity contribution in [1.82, 2.24) is 29.9 Å². The summed E-state index contributed by atoms with van der Waals surface area (Å²) in [5.74, 6) is 3.98. The van der Waals surface area contributed by atoms with E-state index in [4.69, 9.17) is 29.9 Å². The molecule has 2 aromatic heterocycles. The van der Waals surface area contributed by atoms with Gasteiger partial charge in [-0.3, -0.25) is 0 Å². The van der Waals surface area contributed by atoms with Crippen molar-refractivity contribution in [2.24, 2.45) is 0 Å². The van der Waals surface area contributed by atoms with E-state index in [1.54, 1.807) is 0 Å². The number of hydrogen-bond acceptors (Lipinski definition) is 6. The maximum absolute atomic E-state index is 4.95. The monoisotopic (exact) mass is 642 g/mol. The molecule has 8 aromatic rings. The van der Waals surface area contributed by atoms with Crippen LogP contribution in [-0.4, -0.2) is 29.9 Å². The van der Waals surface area contributed by atoms with Gasteiger partial charge in [-0.15, -0.1) is 0 Å². The maximum Gasteiger partial charge on any atom is 0.164 e. The Bertz CT molecular complexity index is 2170. The first-order valence-corrected chi connectivity index (χ1v) is 16.8. The Morgan fingerprint density at radius 3 is 0.800 bits per heavy atom. The average Bonchev–Trinajstić information content (AvgIpc) is 3.21. The molecule has 6 nitrogen and oxygen atoms in total. The summed E-state index contributed by atoms with van der Waals surface area (Å²) < 4.78 is 0. The van der Waals surface area contributed by atoms with E-state index in [9.17, 15) is 0 Å². The van der Waals surface area contributed by atoms with E-state index in [1.807, 2.05) is 121 Å². The van der Waals surface area contributed by atoms with Gasteiger partial charge in [-0.1, -0.05) is 146 Å². The van der Waals surface area contributed by atoms with Crippen LogP contribution in [0.4, 0.5) is 0 Å². The van der Waals surface area contributed by atoms with Crippen molar-refractivity contribution in [2.75, 3.05) is 0 Å². The molecule has 236 valence electrons. The molecule has 2 heterocycles. The zero-order valence-electron chi connectivity index (χ0n) is 27.1. The van der Waals surface area contributed by atoms with Gasteiger partial charge in [0.05, 0.1) is 0 Å². The molecular formula is C44H30N6. The van der Waals surface area contributed by atoms with Crippen LogP contribution < -0.4 is 0 Å². The summed E-state index contributed by atoms with van der Waals surface area (Å²) in [5, 5.41) is 0. The molecule has 6 heteroatoms. The molecule has 0 unspecified atom stereocenters. The second-order valence-electron chi connectivity index (χ2n) is 12.3. The van der Waals surface area contributed by atoms with E-state index in [-0.39, 0.29) is 0 Å². The maximum atomic E-state index is 4.95. The Morgan fingerprint density at radius 1 is 0.260 bits per heavy atom. The lowest BCUT2D eigenvalue weighted by Crippen LogP contribution is -2.06. The highest BCUT2D eigenvalue weighted by Gasteiger charge is 2.20. The third-order valence-electron chi connectivity index (χ3n) is 9.08. The smallest absolute Gasteiger partial charge is 0.164 e. The highest BCUT2D eigenvalue weighted by Crippen LogP contribution is 2.38. The lowest BCUT2D eigenvalue weighted by atomic mass is 9.84. The summed E-state index contributed by atoms with van der Waals surface area (Å²) in [4.78, 5) is 29.5. The third-order valence-corrected chi connectivity index (χ3v) is 9.08. The summed E-state index contributed by atoms with van der Waals surface area (Å²) >= 11 is 0. The minimum absolute atomic E-state index is 0.661. The van der Waals surface area contributed by atoms with Crippen molar-refractivity contribution in [1.29, 1.82) is 0 Å². The molecule has 0 spiro atoms. The van der Waals surface area contributed by atoms with E-state index >= 15 is 0 Å². The molecule has 1 aliphatic carbocycles. The molecule has 9 rings (SSSR count). The number of hydrogen-bond donors (Lipinski definition) is 0. The number of benzene rings is 6. The first-order chi connectivity index (χ1) is 24.7. The lowest BCUT2D eigenvalue weighted by Gasteiger charge is -2.21. The van der Waals surface area contributed by atoms with Crippen molar-refractivity contribution in [3.63, 3.8) is 0 Å². The second kappa shape index (κ2) is 12.7. The summed E-state index contributed by atoms with van der Waals surface area (Å²) in [6.07, 6.45) is 1.81. The van der Waals surface area contributed by atoms with Crippen LogP contribution in [0.5, 0.6) is 0 Å². The predicted octanol–water partition coefficient (Wildman–Crippen LogP) is 9.82. The van der Waals surface area contributed by atoms with E-state index < -0.39 is 0 Å². The normalized spacial score (nSPS) is 11.8. The summed E-state index contributed by atoms with van der Waals surface area (Å²) in [6, 6.07) is 53.5. The molecule has 50 heavy (non-hydrogen) atoms. The molecule has 0 fully saturated rings. The number of fused-ring (bicyclic) bond motifs is 3. The number of aromatic nitrogens is 6. The number of rotatable bonds is 6. The van der Waals surface area contributed by atoms with Crippen LogP contribution in [0.25, 0.3) is 79.5 Å². The van der Waals surface area contributed by atoms with Crippen molar-refractivity contribution < 1.29 is 0 Å². The van der Waals surface area contributed by atoms with Crippen LogP contribution in [-0.2, 0) is 12.8 Å². The molecule has 0 atom stereocenters. The first kappa shape index (κ1) is 29.5. The average molecular weight is 643 g/mol. The minimum Gasteiger partial charge on any atom is -0.208 e. The molecule has 1 aliphatic rings. The van der Waals surface area contributed by atoms with Gasteiger partial charge in [-0.2, -0.15) is 0 Å². The fraction of sp³-hybridized carbons (Fsp3) is 0.0455. The molecule has 0 bridgehead atoms. The minimum atomic E-state index is 0.661. The molecule has 0 amide bonds. The van der Waals surface area contributed by atoms with Gasteiger partial charge in [0, 0.05) is 33.4 Å². The zero-order valence-corrected chi connectivity index (χ0v) is 27.1. The fourth-order valence-electron chi connectivity index (χ4n) is 6.55. The van der Waals surface area contributed by atoms with Crippen molar-refractivity contribution >= 4 is 0 Å². The van der Waals surface area contributed by atoms with Crippen molar-refractivity contribution in [3.8, 4) is 79.5 Å². The van der Waals surface area contributed by atoms with Gasteiger partial charge in [0.15, 0.2) is 34.9 Å². The van der Waals surface area contributed by atoms with E-state index in [0.29, 0.717) is 34.9 Å². The molecule has 0 saturated carbocycles. The highest BCUT2D eigenvalue weighted by molar-refractivity contribution is 5.79. The van der Waals surface area contributed by atoms with E-state index in [2.05, 4.69) is 36.4 Å². The Balaban J connectivity index is 1.09. The molecular weight excluding hydrogens is 613 g/mol. The second-order valence-corrected chi connectivity index (χ2v) is 12.3. The first-order valence-electron chi connectivity index (χ1n) is 16.8. The van der Waals surface area contributed by atoms with Gasteiger partial charge in [0.1, 0.15) is 0 Å². The predicted molar refractivity (Wildman–Crippen MR) is 199 cm³/mol. The van der Waals surface area contributed by atoms with Crippen LogP contribution in [0.3, 0.4) is 0 Å². The quantitative estimate of drug-likeness (QED) is 0.180. The summed E-state index contributed by atoms with van der Waals surface area (Å²) in [7, 11) is 0. The molecule has 0 N–H and O–H groups in total. The van der Waals surface area contributed by atoms with Gasteiger partial charge >= 0.3 is 0 Å². The molecule has 0 aliphatic heterocycles.